The maximum absolute atomic E-state index is 12.8. The fraction of sp³-hybridized carbons (Fsp3) is 0.588. The summed E-state index contributed by atoms with van der Waals surface area (Å²) in [6, 6.07) is 5.63. The van der Waals surface area contributed by atoms with Gasteiger partial charge in [0.05, 0.1) is 6.10 Å². The van der Waals surface area contributed by atoms with Crippen LogP contribution in [0.1, 0.15) is 50.4 Å². The number of ketones is 1. The molecule has 0 amide bonds. The van der Waals surface area contributed by atoms with Crippen LogP contribution in [0.4, 0.5) is 4.39 Å². The molecule has 0 bridgehead atoms. The fourth-order valence-electron chi connectivity index (χ4n) is 3.30. The zero-order valence-electron chi connectivity index (χ0n) is 12.5. The molecule has 0 aliphatic heterocycles. The number of carbonyl (C=O) groups is 1. The van der Waals surface area contributed by atoms with E-state index < -0.39 is 0 Å². The molecule has 1 saturated carbocycles. The molecule has 0 aromatic heterocycles. The first kappa shape index (κ1) is 15.2. The van der Waals surface area contributed by atoms with Gasteiger partial charge in [-0.05, 0) is 54.9 Å². The summed E-state index contributed by atoms with van der Waals surface area (Å²) in [6.45, 7) is 6.82. The maximum Gasteiger partial charge on any atom is 0.188 e. The van der Waals surface area contributed by atoms with E-state index in [-0.39, 0.29) is 29.7 Å². The van der Waals surface area contributed by atoms with Crippen molar-refractivity contribution in [2.24, 2.45) is 11.3 Å². The summed E-state index contributed by atoms with van der Waals surface area (Å²) >= 11 is 0. The van der Waals surface area contributed by atoms with E-state index in [0.717, 1.165) is 12.8 Å². The normalized spacial score (nSPS) is 25.4. The van der Waals surface area contributed by atoms with Gasteiger partial charge >= 0.3 is 0 Å². The van der Waals surface area contributed by atoms with E-state index in [9.17, 15) is 9.18 Å². The highest BCUT2D eigenvalue weighted by Gasteiger charge is 2.32. The number of rotatable bonds is 4. The molecule has 1 aromatic rings. The minimum Gasteiger partial charge on any atom is -0.370 e. The molecule has 2 rings (SSSR count). The lowest BCUT2D eigenvalue weighted by molar-refractivity contribution is -0.0167. The van der Waals surface area contributed by atoms with E-state index in [2.05, 4.69) is 20.8 Å². The van der Waals surface area contributed by atoms with Crippen LogP contribution in [0.3, 0.4) is 0 Å². The molecule has 0 saturated heterocycles. The van der Waals surface area contributed by atoms with Gasteiger partial charge in [0.2, 0.25) is 0 Å². The first-order chi connectivity index (χ1) is 9.35. The van der Waals surface area contributed by atoms with Crippen molar-refractivity contribution in [2.75, 3.05) is 6.61 Å². The van der Waals surface area contributed by atoms with Crippen LogP contribution in [-0.4, -0.2) is 18.5 Å². The van der Waals surface area contributed by atoms with Crippen LogP contribution in [0.2, 0.25) is 0 Å². The number of hydrogen-bond acceptors (Lipinski definition) is 2. The van der Waals surface area contributed by atoms with E-state index in [0.29, 0.717) is 11.5 Å². The van der Waals surface area contributed by atoms with Crippen LogP contribution in [0.25, 0.3) is 0 Å². The lowest BCUT2D eigenvalue weighted by Gasteiger charge is -2.38. The fourth-order valence-corrected chi connectivity index (χ4v) is 3.30. The van der Waals surface area contributed by atoms with Crippen molar-refractivity contribution in [2.45, 2.75) is 46.1 Å². The highest BCUT2D eigenvalue weighted by Crippen LogP contribution is 2.39. The Bertz CT molecular complexity index is 464. The monoisotopic (exact) mass is 278 g/mol. The highest BCUT2D eigenvalue weighted by atomic mass is 19.1. The number of ether oxygens (including phenoxy) is 1. The molecule has 20 heavy (non-hydrogen) atoms. The number of carbonyl (C=O) groups excluding carboxylic acids is 1. The van der Waals surface area contributed by atoms with Crippen molar-refractivity contribution in [3.8, 4) is 0 Å². The van der Waals surface area contributed by atoms with Gasteiger partial charge in [0.1, 0.15) is 12.4 Å². The summed E-state index contributed by atoms with van der Waals surface area (Å²) < 4.78 is 18.6. The lowest BCUT2D eigenvalue weighted by Crippen LogP contribution is -2.33. The zero-order valence-corrected chi connectivity index (χ0v) is 12.5. The Kier molecular flexibility index (Phi) is 4.59. The molecule has 2 atom stereocenters. The number of Topliss-reactive ketones (excluding diaryl/α,β-unsaturated/α-hetero) is 1. The second-order valence-corrected chi connectivity index (χ2v) is 6.78. The van der Waals surface area contributed by atoms with Gasteiger partial charge in [-0.15, -0.1) is 0 Å². The summed E-state index contributed by atoms with van der Waals surface area (Å²) in [6.07, 6.45) is 3.37. The Morgan fingerprint density at radius 1 is 1.30 bits per heavy atom. The van der Waals surface area contributed by atoms with Crippen molar-refractivity contribution in [3.05, 3.63) is 35.6 Å². The SMILES string of the molecule is CC1CC(OCC(=O)c2ccc(F)cc2)CC(C)(C)C1. The summed E-state index contributed by atoms with van der Waals surface area (Å²) in [5, 5.41) is 0. The van der Waals surface area contributed by atoms with Gasteiger partial charge in [0, 0.05) is 5.56 Å². The third-order valence-corrected chi connectivity index (χ3v) is 3.96. The van der Waals surface area contributed by atoms with E-state index >= 15 is 0 Å². The topological polar surface area (TPSA) is 26.3 Å². The van der Waals surface area contributed by atoms with Crippen LogP contribution >= 0.6 is 0 Å². The van der Waals surface area contributed by atoms with Crippen molar-refractivity contribution < 1.29 is 13.9 Å². The van der Waals surface area contributed by atoms with Gasteiger partial charge in [-0.1, -0.05) is 20.8 Å². The van der Waals surface area contributed by atoms with Crippen LogP contribution in [-0.2, 0) is 4.74 Å². The van der Waals surface area contributed by atoms with Crippen LogP contribution in [0.5, 0.6) is 0 Å². The van der Waals surface area contributed by atoms with E-state index in [1.165, 1.54) is 30.7 Å². The molecular weight excluding hydrogens is 255 g/mol. The molecular formula is C17H23FO2. The van der Waals surface area contributed by atoms with E-state index in [1.54, 1.807) is 0 Å². The summed E-state index contributed by atoms with van der Waals surface area (Å²) in [4.78, 5) is 12.0. The average Bonchev–Trinajstić information content (AvgIpc) is 2.34. The maximum atomic E-state index is 12.8. The Balaban J connectivity index is 1.88. The predicted molar refractivity (Wildman–Crippen MR) is 77.3 cm³/mol. The third-order valence-electron chi connectivity index (χ3n) is 3.96. The van der Waals surface area contributed by atoms with E-state index in [4.69, 9.17) is 4.74 Å². The smallest absolute Gasteiger partial charge is 0.188 e. The molecule has 0 heterocycles. The van der Waals surface area contributed by atoms with Crippen molar-refractivity contribution in [1.82, 2.24) is 0 Å². The van der Waals surface area contributed by atoms with E-state index in [1.807, 2.05) is 0 Å². The van der Waals surface area contributed by atoms with Crippen molar-refractivity contribution >= 4 is 5.78 Å². The molecule has 3 heteroatoms. The molecule has 1 aromatic carbocycles. The summed E-state index contributed by atoms with van der Waals surface area (Å²) in [5.74, 6) is 0.219. The Morgan fingerprint density at radius 2 is 1.95 bits per heavy atom. The molecule has 0 spiro atoms. The first-order valence-corrected chi connectivity index (χ1v) is 7.26. The molecule has 2 nitrogen and oxygen atoms in total. The Hall–Kier alpha value is -1.22. The molecule has 2 unspecified atom stereocenters. The van der Waals surface area contributed by atoms with Gasteiger partial charge in [-0.3, -0.25) is 4.79 Å². The summed E-state index contributed by atoms with van der Waals surface area (Å²) in [7, 11) is 0. The molecule has 0 radical (unpaired) electrons. The molecule has 110 valence electrons. The minimum absolute atomic E-state index is 0.0824. The second kappa shape index (κ2) is 6.04. The second-order valence-electron chi connectivity index (χ2n) is 6.78. The Labute approximate surface area is 120 Å². The molecule has 1 aliphatic rings. The number of benzene rings is 1. The summed E-state index contributed by atoms with van der Waals surface area (Å²) in [5.41, 5.74) is 0.788. The zero-order chi connectivity index (χ0) is 14.8. The van der Waals surface area contributed by atoms with Crippen molar-refractivity contribution in [1.29, 1.82) is 0 Å². The lowest BCUT2D eigenvalue weighted by atomic mass is 9.71. The quantitative estimate of drug-likeness (QED) is 0.770. The first-order valence-electron chi connectivity index (χ1n) is 7.26. The minimum atomic E-state index is -0.328. The van der Waals surface area contributed by atoms with Gasteiger partial charge in [0.15, 0.2) is 5.78 Å². The molecule has 0 N–H and O–H groups in total. The molecule has 1 fully saturated rings. The number of halogens is 1. The Morgan fingerprint density at radius 3 is 2.55 bits per heavy atom. The standard InChI is InChI=1S/C17H23FO2/c1-12-8-15(10-17(2,3)9-12)20-11-16(19)13-4-6-14(18)7-5-13/h4-7,12,15H,8-11H2,1-3H3. The number of hydrogen-bond donors (Lipinski definition) is 0. The van der Waals surface area contributed by atoms with Crippen LogP contribution in [0.15, 0.2) is 24.3 Å². The average molecular weight is 278 g/mol. The largest absolute Gasteiger partial charge is 0.370 e. The van der Waals surface area contributed by atoms with Gasteiger partial charge in [0.25, 0.3) is 0 Å². The predicted octanol–water partition coefficient (Wildman–Crippen LogP) is 4.24. The van der Waals surface area contributed by atoms with Gasteiger partial charge in [-0.2, -0.15) is 0 Å². The van der Waals surface area contributed by atoms with Gasteiger partial charge < -0.3 is 4.74 Å². The van der Waals surface area contributed by atoms with Crippen LogP contribution in [0, 0.1) is 17.2 Å². The third kappa shape index (κ3) is 4.14. The van der Waals surface area contributed by atoms with Gasteiger partial charge in [-0.25, -0.2) is 4.39 Å². The highest BCUT2D eigenvalue weighted by molar-refractivity contribution is 5.97. The molecule has 1 aliphatic carbocycles. The van der Waals surface area contributed by atoms with Crippen molar-refractivity contribution in [3.63, 3.8) is 0 Å². The van der Waals surface area contributed by atoms with Crippen LogP contribution < -0.4 is 0 Å².